The molecule has 2 aromatic heterocycles. The first-order valence-corrected chi connectivity index (χ1v) is 9.83. The van der Waals surface area contributed by atoms with Crippen LogP contribution in [0.25, 0.3) is 11.5 Å². The standard InChI is InChI=1S/C19H16Cl2N4OS/c1-19(2,18-24-15(10-27-18)16-4-3-7-26-16)17-13(20)8-12(9-14(17)21)25-11-22-5-6-23-25/h3-11,23H,1-2H3. The van der Waals surface area contributed by atoms with Gasteiger partial charge in [-0.15, -0.1) is 11.3 Å². The molecule has 0 radical (unpaired) electrons. The van der Waals surface area contributed by atoms with Crippen LogP contribution in [0.5, 0.6) is 0 Å². The number of hydrazine groups is 1. The maximum absolute atomic E-state index is 6.65. The summed E-state index contributed by atoms with van der Waals surface area (Å²) in [5.41, 5.74) is 5.03. The van der Waals surface area contributed by atoms with Crippen LogP contribution < -0.4 is 10.4 Å². The molecule has 3 heterocycles. The highest BCUT2D eigenvalue weighted by Crippen LogP contribution is 2.43. The number of aliphatic imine (C=N–C) groups is 1. The average Bonchev–Trinajstić information content (AvgIpc) is 3.33. The summed E-state index contributed by atoms with van der Waals surface area (Å²) in [5, 5.41) is 5.77. The van der Waals surface area contributed by atoms with Gasteiger partial charge in [0.1, 0.15) is 17.0 Å². The first kappa shape index (κ1) is 18.1. The minimum Gasteiger partial charge on any atom is -0.463 e. The molecule has 0 spiro atoms. The van der Waals surface area contributed by atoms with Crippen molar-refractivity contribution in [1.29, 1.82) is 0 Å². The Morgan fingerprint density at radius 1 is 1.22 bits per heavy atom. The van der Waals surface area contributed by atoms with Crippen molar-refractivity contribution in [3.8, 4) is 11.5 Å². The SMILES string of the molecule is CC(C)(c1nc(-c2ccco2)cs1)c1c(Cl)cc(N2C=NC=CN2)cc1Cl. The summed E-state index contributed by atoms with van der Waals surface area (Å²) >= 11 is 14.9. The lowest BCUT2D eigenvalue weighted by molar-refractivity contribution is 0.578. The van der Waals surface area contributed by atoms with Crippen molar-refractivity contribution < 1.29 is 4.42 Å². The van der Waals surface area contributed by atoms with Crippen molar-refractivity contribution in [1.82, 2.24) is 10.4 Å². The first-order chi connectivity index (χ1) is 13.0. The fourth-order valence-corrected chi connectivity index (χ4v) is 4.83. The molecule has 5 nitrogen and oxygen atoms in total. The van der Waals surface area contributed by atoms with Gasteiger partial charge in [0, 0.05) is 38.8 Å². The van der Waals surface area contributed by atoms with Gasteiger partial charge in [0.15, 0.2) is 5.76 Å². The Kier molecular flexibility index (Phi) is 4.72. The Morgan fingerprint density at radius 3 is 2.63 bits per heavy atom. The summed E-state index contributed by atoms with van der Waals surface area (Å²) in [7, 11) is 0. The van der Waals surface area contributed by atoms with Gasteiger partial charge >= 0.3 is 0 Å². The van der Waals surface area contributed by atoms with E-state index in [9.17, 15) is 0 Å². The molecule has 27 heavy (non-hydrogen) atoms. The third-order valence-corrected chi connectivity index (χ3v) is 6.06. The Bertz CT molecular complexity index is 1000. The predicted molar refractivity (Wildman–Crippen MR) is 112 cm³/mol. The molecule has 3 aromatic rings. The predicted octanol–water partition coefficient (Wildman–Crippen LogP) is 5.86. The summed E-state index contributed by atoms with van der Waals surface area (Å²) in [4.78, 5) is 8.84. The second-order valence-corrected chi connectivity index (χ2v) is 8.18. The fraction of sp³-hybridized carbons (Fsp3) is 0.158. The Labute approximate surface area is 170 Å². The number of anilines is 1. The second-order valence-electron chi connectivity index (χ2n) is 6.50. The molecule has 1 aromatic carbocycles. The topological polar surface area (TPSA) is 53.7 Å². The number of nitrogens with zero attached hydrogens (tertiary/aromatic N) is 3. The van der Waals surface area contributed by atoms with Gasteiger partial charge in [-0.3, -0.25) is 5.43 Å². The van der Waals surface area contributed by atoms with Crippen LogP contribution >= 0.6 is 34.5 Å². The highest BCUT2D eigenvalue weighted by molar-refractivity contribution is 7.10. The molecule has 1 aliphatic rings. The van der Waals surface area contributed by atoms with E-state index in [0.717, 1.165) is 27.7 Å². The van der Waals surface area contributed by atoms with E-state index in [0.29, 0.717) is 10.0 Å². The molecule has 0 saturated heterocycles. The zero-order valence-electron chi connectivity index (χ0n) is 14.6. The van der Waals surface area contributed by atoms with E-state index in [4.69, 9.17) is 32.6 Å². The largest absolute Gasteiger partial charge is 0.463 e. The highest BCUT2D eigenvalue weighted by atomic mass is 35.5. The molecular formula is C19H16Cl2N4OS. The molecule has 0 amide bonds. The number of aromatic nitrogens is 1. The van der Waals surface area contributed by atoms with Gasteiger partial charge in [0.25, 0.3) is 0 Å². The lowest BCUT2D eigenvalue weighted by Crippen LogP contribution is -2.34. The fourth-order valence-electron chi connectivity index (χ4n) is 2.94. The van der Waals surface area contributed by atoms with E-state index >= 15 is 0 Å². The second kappa shape index (κ2) is 7.03. The van der Waals surface area contributed by atoms with E-state index in [1.165, 1.54) is 0 Å². The zero-order chi connectivity index (χ0) is 19.0. The van der Waals surface area contributed by atoms with Crippen LogP contribution in [-0.2, 0) is 5.41 Å². The third kappa shape index (κ3) is 3.36. The number of furan rings is 1. The summed E-state index contributed by atoms with van der Waals surface area (Å²) < 4.78 is 5.44. The normalized spacial score (nSPS) is 13.9. The van der Waals surface area contributed by atoms with Gasteiger partial charge < -0.3 is 4.42 Å². The van der Waals surface area contributed by atoms with Crippen LogP contribution in [0.1, 0.15) is 24.4 Å². The van der Waals surface area contributed by atoms with Crippen LogP contribution in [0.3, 0.4) is 0 Å². The number of hydrogen-bond acceptors (Lipinski definition) is 6. The molecule has 1 aliphatic heterocycles. The molecule has 0 fully saturated rings. The minimum atomic E-state index is -0.467. The number of halogens is 2. The Morgan fingerprint density at radius 2 is 2.00 bits per heavy atom. The van der Waals surface area contributed by atoms with E-state index in [-0.39, 0.29) is 0 Å². The third-order valence-electron chi connectivity index (χ3n) is 4.30. The molecule has 0 saturated carbocycles. The van der Waals surface area contributed by atoms with Crippen LogP contribution in [-0.4, -0.2) is 11.3 Å². The minimum absolute atomic E-state index is 0.467. The number of hydrogen-bond donors (Lipinski definition) is 1. The van der Waals surface area contributed by atoms with Gasteiger partial charge in [0.05, 0.1) is 12.0 Å². The molecular weight excluding hydrogens is 403 g/mol. The lowest BCUT2D eigenvalue weighted by atomic mass is 9.85. The van der Waals surface area contributed by atoms with Crippen molar-refractivity contribution in [3.63, 3.8) is 0 Å². The summed E-state index contributed by atoms with van der Waals surface area (Å²) in [5.74, 6) is 0.740. The first-order valence-electron chi connectivity index (χ1n) is 8.20. The van der Waals surface area contributed by atoms with Gasteiger partial charge in [-0.2, -0.15) is 0 Å². The molecule has 8 heteroatoms. The summed E-state index contributed by atoms with van der Waals surface area (Å²) in [6, 6.07) is 7.47. The molecule has 0 aliphatic carbocycles. The quantitative estimate of drug-likeness (QED) is 0.576. The molecule has 1 N–H and O–H groups in total. The van der Waals surface area contributed by atoms with Crippen LogP contribution in [0.15, 0.2) is 57.7 Å². The Hall–Kier alpha value is -2.28. The van der Waals surface area contributed by atoms with Crippen molar-refractivity contribution in [3.05, 3.63) is 68.9 Å². The van der Waals surface area contributed by atoms with Crippen LogP contribution in [0.2, 0.25) is 10.0 Å². The van der Waals surface area contributed by atoms with Gasteiger partial charge in [-0.1, -0.05) is 23.2 Å². The smallest absolute Gasteiger partial charge is 0.153 e. The monoisotopic (exact) mass is 418 g/mol. The van der Waals surface area contributed by atoms with Gasteiger partial charge in [-0.05, 0) is 38.1 Å². The summed E-state index contributed by atoms with van der Waals surface area (Å²) in [6.07, 6.45) is 6.68. The van der Waals surface area contributed by atoms with Crippen molar-refractivity contribution >= 4 is 46.6 Å². The number of benzene rings is 1. The van der Waals surface area contributed by atoms with E-state index in [1.54, 1.807) is 41.3 Å². The zero-order valence-corrected chi connectivity index (χ0v) is 16.9. The lowest BCUT2D eigenvalue weighted by Gasteiger charge is -2.28. The van der Waals surface area contributed by atoms with Crippen molar-refractivity contribution in [2.24, 2.45) is 4.99 Å². The molecule has 0 bridgehead atoms. The van der Waals surface area contributed by atoms with E-state index < -0.39 is 5.41 Å². The molecule has 0 atom stereocenters. The summed E-state index contributed by atoms with van der Waals surface area (Å²) in [6.45, 7) is 4.13. The maximum Gasteiger partial charge on any atom is 0.153 e. The average molecular weight is 419 g/mol. The van der Waals surface area contributed by atoms with Crippen LogP contribution in [0.4, 0.5) is 5.69 Å². The number of rotatable bonds is 4. The highest BCUT2D eigenvalue weighted by Gasteiger charge is 2.32. The molecule has 138 valence electrons. The number of thiazole rings is 1. The van der Waals surface area contributed by atoms with Crippen LogP contribution in [0, 0.1) is 0 Å². The van der Waals surface area contributed by atoms with Gasteiger partial charge in [-0.25, -0.2) is 15.0 Å². The molecule has 4 rings (SSSR count). The van der Waals surface area contributed by atoms with Crippen molar-refractivity contribution in [2.75, 3.05) is 5.01 Å². The van der Waals surface area contributed by atoms with Gasteiger partial charge in [0.2, 0.25) is 0 Å². The Balaban J connectivity index is 1.71. The number of nitrogens with one attached hydrogen (secondary N) is 1. The maximum atomic E-state index is 6.65. The van der Waals surface area contributed by atoms with Crippen molar-refractivity contribution in [2.45, 2.75) is 19.3 Å². The van der Waals surface area contributed by atoms with E-state index in [1.807, 2.05) is 29.6 Å². The van der Waals surface area contributed by atoms with E-state index in [2.05, 4.69) is 24.3 Å². The molecule has 0 unspecified atom stereocenters.